The second-order valence-electron chi connectivity index (χ2n) is 8.24. The number of halogens is 1. The summed E-state index contributed by atoms with van der Waals surface area (Å²) in [5.41, 5.74) is 4.01. The highest BCUT2D eigenvalue weighted by Crippen LogP contribution is 2.43. The van der Waals surface area contributed by atoms with Gasteiger partial charge in [-0.05, 0) is 55.4 Å². The minimum Gasteiger partial charge on any atom is -0.305 e. The predicted molar refractivity (Wildman–Crippen MR) is 126 cm³/mol. The molecular weight excluding hydrogens is 440 g/mol. The number of benzene rings is 2. The Kier molecular flexibility index (Phi) is 6.12. The van der Waals surface area contributed by atoms with Gasteiger partial charge in [-0.3, -0.25) is 14.9 Å². The maximum atomic E-state index is 12.7. The van der Waals surface area contributed by atoms with Crippen LogP contribution in [0.5, 0.6) is 0 Å². The minimum absolute atomic E-state index is 0.0597. The van der Waals surface area contributed by atoms with E-state index >= 15 is 0 Å². The quantitative estimate of drug-likeness (QED) is 0.379. The SMILES string of the molecule is Cc1nc(NC(=O)C2CC2Cc2ccc(-c3ccccc3C#N)cc2)c([N+](=O)[O-])c(C)c1Cl. The summed E-state index contributed by atoms with van der Waals surface area (Å²) in [5.74, 6) is -0.385. The van der Waals surface area contributed by atoms with Crippen LogP contribution in [-0.2, 0) is 11.2 Å². The third kappa shape index (κ3) is 4.57. The summed E-state index contributed by atoms with van der Waals surface area (Å²) in [7, 11) is 0. The maximum absolute atomic E-state index is 12.7. The fraction of sp³-hybridized carbons (Fsp3) is 0.240. The number of carbonyl (C=O) groups excluding carboxylic acids is 1. The lowest BCUT2D eigenvalue weighted by Gasteiger charge is -2.10. The number of nitro groups is 1. The van der Waals surface area contributed by atoms with Gasteiger partial charge in [0.1, 0.15) is 0 Å². The first-order valence-corrected chi connectivity index (χ1v) is 10.9. The predicted octanol–water partition coefficient (Wildman–Crippen LogP) is 5.62. The topological polar surface area (TPSA) is 109 Å². The van der Waals surface area contributed by atoms with Crippen LogP contribution in [0.3, 0.4) is 0 Å². The van der Waals surface area contributed by atoms with Gasteiger partial charge in [-0.15, -0.1) is 0 Å². The van der Waals surface area contributed by atoms with Crippen LogP contribution >= 0.6 is 11.6 Å². The molecule has 8 heteroatoms. The maximum Gasteiger partial charge on any atom is 0.316 e. The van der Waals surface area contributed by atoms with Crippen molar-refractivity contribution in [3.8, 4) is 17.2 Å². The number of nitriles is 1. The molecule has 1 saturated carbocycles. The number of hydrogen-bond donors (Lipinski definition) is 1. The molecule has 1 N–H and O–H groups in total. The van der Waals surface area contributed by atoms with Gasteiger partial charge in [-0.1, -0.05) is 54.1 Å². The van der Waals surface area contributed by atoms with Crippen molar-refractivity contribution in [2.45, 2.75) is 26.7 Å². The second kappa shape index (κ2) is 9.00. The normalized spacial score (nSPS) is 16.7. The standard InChI is InChI=1S/C25H21ClN4O3/c1-14-22(26)15(2)28-24(23(14)30(32)33)29-25(31)21-12-19(21)11-16-7-9-17(10-8-16)20-6-4-3-5-18(20)13-27/h3-10,19,21H,11-12H2,1-2H3,(H,28,29,31). The summed E-state index contributed by atoms with van der Waals surface area (Å²) in [4.78, 5) is 27.8. The summed E-state index contributed by atoms with van der Waals surface area (Å²) < 4.78 is 0. The van der Waals surface area contributed by atoms with Gasteiger partial charge in [-0.2, -0.15) is 5.26 Å². The molecule has 2 atom stereocenters. The molecule has 0 saturated heterocycles. The molecule has 1 aliphatic carbocycles. The Morgan fingerprint density at radius 3 is 2.61 bits per heavy atom. The van der Waals surface area contributed by atoms with E-state index in [1.54, 1.807) is 19.9 Å². The number of nitrogens with one attached hydrogen (secondary N) is 1. The Hall–Kier alpha value is -3.76. The Morgan fingerprint density at radius 1 is 1.24 bits per heavy atom. The summed E-state index contributed by atoms with van der Waals surface area (Å²) in [6, 6.07) is 17.6. The molecule has 0 radical (unpaired) electrons. The molecule has 2 unspecified atom stereocenters. The van der Waals surface area contributed by atoms with Gasteiger partial charge in [0.2, 0.25) is 11.7 Å². The van der Waals surface area contributed by atoms with E-state index in [9.17, 15) is 20.2 Å². The first-order valence-electron chi connectivity index (χ1n) is 10.5. The molecule has 4 rings (SSSR count). The van der Waals surface area contributed by atoms with Crippen molar-refractivity contribution in [3.05, 3.63) is 86.1 Å². The van der Waals surface area contributed by atoms with E-state index in [1.807, 2.05) is 42.5 Å². The Labute approximate surface area is 196 Å². The van der Waals surface area contributed by atoms with Crippen molar-refractivity contribution in [1.29, 1.82) is 5.26 Å². The first kappa shape index (κ1) is 22.4. The van der Waals surface area contributed by atoms with Crippen LogP contribution in [0.4, 0.5) is 11.5 Å². The lowest BCUT2D eigenvalue weighted by molar-refractivity contribution is -0.384. The lowest BCUT2D eigenvalue weighted by Crippen LogP contribution is -2.18. The lowest BCUT2D eigenvalue weighted by atomic mass is 9.98. The van der Waals surface area contributed by atoms with Crippen molar-refractivity contribution in [1.82, 2.24) is 4.98 Å². The van der Waals surface area contributed by atoms with Crippen molar-refractivity contribution >= 4 is 29.0 Å². The van der Waals surface area contributed by atoms with Crippen LogP contribution in [0.15, 0.2) is 48.5 Å². The number of aromatic nitrogens is 1. The molecule has 166 valence electrons. The largest absolute Gasteiger partial charge is 0.316 e. The molecule has 0 bridgehead atoms. The Bertz CT molecular complexity index is 1300. The minimum atomic E-state index is -0.570. The number of carbonyl (C=O) groups is 1. The van der Waals surface area contributed by atoms with Crippen molar-refractivity contribution in [2.24, 2.45) is 11.8 Å². The van der Waals surface area contributed by atoms with Gasteiger partial charge >= 0.3 is 5.69 Å². The molecule has 1 aromatic heterocycles. The van der Waals surface area contributed by atoms with E-state index in [1.165, 1.54) is 0 Å². The summed E-state index contributed by atoms with van der Waals surface area (Å²) in [5, 5.41) is 23.7. The average Bonchev–Trinajstić information content (AvgIpc) is 3.57. The molecule has 1 heterocycles. The summed E-state index contributed by atoms with van der Waals surface area (Å²) in [6.45, 7) is 3.19. The molecule has 2 aromatic carbocycles. The molecule has 7 nitrogen and oxygen atoms in total. The van der Waals surface area contributed by atoms with Gasteiger partial charge in [0.05, 0.1) is 32.8 Å². The highest BCUT2D eigenvalue weighted by Gasteiger charge is 2.43. The number of pyridine rings is 1. The number of amides is 1. The third-order valence-electron chi connectivity index (χ3n) is 6.00. The molecular formula is C25H21ClN4O3. The number of hydrogen-bond acceptors (Lipinski definition) is 5. The fourth-order valence-electron chi connectivity index (χ4n) is 4.09. The van der Waals surface area contributed by atoms with E-state index < -0.39 is 4.92 Å². The van der Waals surface area contributed by atoms with Gasteiger partial charge in [-0.25, -0.2) is 4.98 Å². The zero-order chi connectivity index (χ0) is 23.7. The number of rotatable bonds is 6. The third-order valence-corrected chi connectivity index (χ3v) is 6.56. The number of nitrogens with zero attached hydrogens (tertiary/aromatic N) is 3. The highest BCUT2D eigenvalue weighted by molar-refractivity contribution is 6.32. The van der Waals surface area contributed by atoms with Gasteiger partial charge < -0.3 is 5.32 Å². The summed E-state index contributed by atoms with van der Waals surface area (Å²) in [6.07, 6.45) is 1.44. The van der Waals surface area contributed by atoms with Gasteiger partial charge in [0, 0.05) is 5.92 Å². The molecule has 0 spiro atoms. The van der Waals surface area contributed by atoms with Crippen LogP contribution in [0.2, 0.25) is 5.02 Å². The number of aryl methyl sites for hydroxylation is 1. The van der Waals surface area contributed by atoms with Crippen LogP contribution in [0.1, 0.15) is 28.8 Å². The van der Waals surface area contributed by atoms with Crippen molar-refractivity contribution < 1.29 is 9.72 Å². The molecule has 1 fully saturated rings. The van der Waals surface area contributed by atoms with Crippen molar-refractivity contribution in [2.75, 3.05) is 5.32 Å². The molecule has 0 aliphatic heterocycles. The van der Waals surface area contributed by atoms with E-state index in [2.05, 4.69) is 16.4 Å². The van der Waals surface area contributed by atoms with Crippen LogP contribution in [0, 0.1) is 47.1 Å². The molecule has 3 aromatic rings. The first-order chi connectivity index (χ1) is 15.8. The van der Waals surface area contributed by atoms with Crippen LogP contribution < -0.4 is 5.32 Å². The van der Waals surface area contributed by atoms with Crippen LogP contribution in [0.25, 0.3) is 11.1 Å². The Balaban J connectivity index is 1.43. The van der Waals surface area contributed by atoms with Gasteiger partial charge in [0.15, 0.2) is 0 Å². The van der Waals surface area contributed by atoms with Crippen LogP contribution in [-0.4, -0.2) is 15.8 Å². The Morgan fingerprint density at radius 2 is 1.94 bits per heavy atom. The number of anilines is 1. The zero-order valence-electron chi connectivity index (χ0n) is 18.1. The van der Waals surface area contributed by atoms with E-state index in [0.717, 1.165) is 23.1 Å². The zero-order valence-corrected chi connectivity index (χ0v) is 18.9. The van der Waals surface area contributed by atoms with Gasteiger partial charge in [0.25, 0.3) is 0 Å². The van der Waals surface area contributed by atoms with E-state index in [4.69, 9.17) is 11.6 Å². The smallest absolute Gasteiger partial charge is 0.305 e. The fourth-order valence-corrected chi connectivity index (χ4v) is 4.22. The van der Waals surface area contributed by atoms with E-state index in [0.29, 0.717) is 17.7 Å². The second-order valence-corrected chi connectivity index (χ2v) is 8.62. The average molecular weight is 461 g/mol. The summed E-state index contributed by atoms with van der Waals surface area (Å²) >= 11 is 6.10. The highest BCUT2D eigenvalue weighted by atomic mass is 35.5. The molecule has 1 aliphatic rings. The van der Waals surface area contributed by atoms with Crippen molar-refractivity contribution in [3.63, 3.8) is 0 Å². The van der Waals surface area contributed by atoms with E-state index in [-0.39, 0.29) is 39.8 Å². The molecule has 1 amide bonds. The monoisotopic (exact) mass is 460 g/mol. The molecule has 33 heavy (non-hydrogen) atoms.